The molecule has 1 fully saturated rings. The minimum atomic E-state index is -0.210. The summed E-state index contributed by atoms with van der Waals surface area (Å²) in [6, 6.07) is 0.479. The fourth-order valence-corrected chi connectivity index (χ4v) is 2.12. The maximum absolute atomic E-state index is 11.8. The summed E-state index contributed by atoms with van der Waals surface area (Å²) in [6.07, 6.45) is 2.03. The lowest BCUT2D eigenvalue weighted by atomic mass is 9.89. The van der Waals surface area contributed by atoms with Crippen LogP contribution in [0.4, 0.5) is 0 Å². The van der Waals surface area contributed by atoms with Crippen molar-refractivity contribution in [1.29, 1.82) is 0 Å². The second-order valence-corrected chi connectivity index (χ2v) is 5.84. The number of ketones is 1. The van der Waals surface area contributed by atoms with E-state index in [0.717, 1.165) is 19.6 Å². The molecule has 0 aromatic heterocycles. The Hall–Kier alpha value is -0.410. The molecule has 3 heteroatoms. The van der Waals surface area contributed by atoms with E-state index in [1.807, 2.05) is 20.8 Å². The van der Waals surface area contributed by atoms with Crippen molar-refractivity contribution in [2.75, 3.05) is 20.2 Å². The van der Waals surface area contributed by atoms with Crippen molar-refractivity contribution in [3.05, 3.63) is 0 Å². The molecule has 1 heterocycles. The van der Waals surface area contributed by atoms with E-state index in [1.165, 1.54) is 0 Å². The second kappa shape index (κ2) is 5.28. The summed E-state index contributed by atoms with van der Waals surface area (Å²) in [7, 11) is 2.09. The van der Waals surface area contributed by atoms with E-state index >= 15 is 0 Å². The third kappa shape index (κ3) is 3.56. The SMILES string of the molecule is CC1OCCC1N(C)CCC(=O)C(C)(C)C. The van der Waals surface area contributed by atoms with Crippen molar-refractivity contribution >= 4 is 5.78 Å². The van der Waals surface area contributed by atoms with Crippen molar-refractivity contribution in [1.82, 2.24) is 4.90 Å². The number of ether oxygens (including phenoxy) is 1. The van der Waals surface area contributed by atoms with Gasteiger partial charge in [0, 0.05) is 31.0 Å². The summed E-state index contributed by atoms with van der Waals surface area (Å²) in [5.74, 6) is 0.339. The zero-order chi connectivity index (χ0) is 12.3. The van der Waals surface area contributed by atoms with Crippen LogP contribution in [-0.4, -0.2) is 43.0 Å². The summed E-state index contributed by atoms with van der Waals surface area (Å²) >= 11 is 0. The van der Waals surface area contributed by atoms with Crippen molar-refractivity contribution in [3.8, 4) is 0 Å². The first-order valence-electron chi connectivity index (χ1n) is 6.17. The minimum Gasteiger partial charge on any atom is -0.377 e. The molecule has 16 heavy (non-hydrogen) atoms. The molecule has 0 spiro atoms. The Bertz CT molecular complexity index is 245. The topological polar surface area (TPSA) is 29.5 Å². The molecule has 0 radical (unpaired) electrons. The molecule has 1 aliphatic rings. The lowest BCUT2D eigenvalue weighted by Crippen LogP contribution is -2.38. The monoisotopic (exact) mass is 227 g/mol. The quantitative estimate of drug-likeness (QED) is 0.736. The standard InChI is InChI=1S/C13H25NO2/c1-10-11(7-9-16-10)14(5)8-6-12(15)13(2,3)4/h10-11H,6-9H2,1-5H3. The van der Waals surface area contributed by atoms with Crippen LogP contribution in [0.25, 0.3) is 0 Å². The highest BCUT2D eigenvalue weighted by Gasteiger charge is 2.28. The normalized spacial score (nSPS) is 26.4. The number of nitrogens with zero attached hydrogens (tertiary/aromatic N) is 1. The van der Waals surface area contributed by atoms with E-state index in [4.69, 9.17) is 4.74 Å². The van der Waals surface area contributed by atoms with Crippen LogP contribution in [0.15, 0.2) is 0 Å². The molecule has 2 unspecified atom stereocenters. The maximum atomic E-state index is 11.8. The molecule has 0 aliphatic carbocycles. The first kappa shape index (κ1) is 13.7. The minimum absolute atomic E-state index is 0.210. The van der Waals surface area contributed by atoms with E-state index in [2.05, 4.69) is 18.9 Å². The lowest BCUT2D eigenvalue weighted by Gasteiger charge is -2.27. The lowest BCUT2D eigenvalue weighted by molar-refractivity contribution is -0.126. The maximum Gasteiger partial charge on any atom is 0.139 e. The zero-order valence-electron chi connectivity index (χ0n) is 11.2. The molecule has 1 aliphatic heterocycles. The Morgan fingerprint density at radius 1 is 1.44 bits per heavy atom. The largest absolute Gasteiger partial charge is 0.377 e. The van der Waals surface area contributed by atoms with Gasteiger partial charge in [-0.25, -0.2) is 0 Å². The van der Waals surface area contributed by atoms with Crippen molar-refractivity contribution < 1.29 is 9.53 Å². The van der Waals surface area contributed by atoms with Crippen LogP contribution in [-0.2, 0) is 9.53 Å². The number of rotatable bonds is 4. The fourth-order valence-electron chi connectivity index (χ4n) is 2.12. The molecule has 0 N–H and O–H groups in total. The van der Waals surface area contributed by atoms with Gasteiger partial charge in [0.25, 0.3) is 0 Å². The van der Waals surface area contributed by atoms with Gasteiger partial charge < -0.3 is 9.64 Å². The molecule has 94 valence electrons. The van der Waals surface area contributed by atoms with E-state index in [1.54, 1.807) is 0 Å². The Labute approximate surface area is 99.1 Å². The zero-order valence-corrected chi connectivity index (χ0v) is 11.2. The smallest absolute Gasteiger partial charge is 0.139 e. The second-order valence-electron chi connectivity index (χ2n) is 5.84. The Morgan fingerprint density at radius 3 is 2.50 bits per heavy atom. The molecule has 0 amide bonds. The van der Waals surface area contributed by atoms with Crippen LogP contribution in [0.2, 0.25) is 0 Å². The Balaban J connectivity index is 2.35. The molecule has 2 atom stereocenters. The summed E-state index contributed by atoms with van der Waals surface area (Å²) < 4.78 is 5.53. The highest BCUT2D eigenvalue weighted by atomic mass is 16.5. The van der Waals surface area contributed by atoms with Crippen LogP contribution in [0.3, 0.4) is 0 Å². The third-order valence-corrected chi connectivity index (χ3v) is 3.43. The van der Waals surface area contributed by atoms with Gasteiger partial charge in [-0.15, -0.1) is 0 Å². The number of Topliss-reactive ketones (excluding diaryl/α,β-unsaturated/α-hetero) is 1. The van der Waals surface area contributed by atoms with Gasteiger partial charge in [0.15, 0.2) is 0 Å². The van der Waals surface area contributed by atoms with Crippen LogP contribution in [0.5, 0.6) is 0 Å². The van der Waals surface area contributed by atoms with Crippen LogP contribution in [0, 0.1) is 5.41 Å². The van der Waals surface area contributed by atoms with Gasteiger partial charge in [-0.1, -0.05) is 20.8 Å². The van der Waals surface area contributed by atoms with Crippen molar-refractivity contribution in [2.24, 2.45) is 5.41 Å². The molecule has 3 nitrogen and oxygen atoms in total. The highest BCUT2D eigenvalue weighted by Crippen LogP contribution is 2.20. The number of hydrogen-bond donors (Lipinski definition) is 0. The van der Waals surface area contributed by atoms with Gasteiger partial charge in [0.05, 0.1) is 6.10 Å². The molecule has 1 rings (SSSR count). The third-order valence-electron chi connectivity index (χ3n) is 3.43. The first-order chi connectivity index (χ1) is 7.32. The molecule has 0 saturated carbocycles. The summed E-state index contributed by atoms with van der Waals surface area (Å²) in [5.41, 5.74) is -0.210. The van der Waals surface area contributed by atoms with Crippen molar-refractivity contribution in [2.45, 2.75) is 52.7 Å². The van der Waals surface area contributed by atoms with Crippen molar-refractivity contribution in [3.63, 3.8) is 0 Å². The molecule has 0 bridgehead atoms. The predicted octanol–water partition coefficient (Wildman–Crippen LogP) is 2.10. The summed E-state index contributed by atoms with van der Waals surface area (Å²) in [5, 5.41) is 0. The predicted molar refractivity (Wildman–Crippen MR) is 65.5 cm³/mol. The average Bonchev–Trinajstić information content (AvgIpc) is 2.58. The van der Waals surface area contributed by atoms with E-state index in [9.17, 15) is 4.79 Å². The summed E-state index contributed by atoms with van der Waals surface area (Å²) in [6.45, 7) is 9.75. The Kier molecular flexibility index (Phi) is 4.51. The average molecular weight is 227 g/mol. The van der Waals surface area contributed by atoms with E-state index in [0.29, 0.717) is 24.3 Å². The highest BCUT2D eigenvalue weighted by molar-refractivity contribution is 5.83. The molecule has 1 saturated heterocycles. The fraction of sp³-hybridized carbons (Fsp3) is 0.923. The molecule has 0 aromatic rings. The van der Waals surface area contributed by atoms with E-state index in [-0.39, 0.29) is 5.41 Å². The van der Waals surface area contributed by atoms with Crippen LogP contribution >= 0.6 is 0 Å². The van der Waals surface area contributed by atoms with Gasteiger partial charge in [0.2, 0.25) is 0 Å². The number of carbonyl (C=O) groups excluding carboxylic acids is 1. The summed E-state index contributed by atoms with van der Waals surface area (Å²) in [4.78, 5) is 14.1. The van der Waals surface area contributed by atoms with Gasteiger partial charge in [0.1, 0.15) is 5.78 Å². The first-order valence-corrected chi connectivity index (χ1v) is 6.17. The van der Waals surface area contributed by atoms with Gasteiger partial charge in [-0.2, -0.15) is 0 Å². The number of carbonyl (C=O) groups is 1. The van der Waals surface area contributed by atoms with Crippen LogP contribution in [0.1, 0.15) is 40.5 Å². The molecule has 0 aromatic carbocycles. The molecular formula is C13H25NO2. The van der Waals surface area contributed by atoms with Gasteiger partial charge in [-0.05, 0) is 20.4 Å². The Morgan fingerprint density at radius 2 is 2.06 bits per heavy atom. The van der Waals surface area contributed by atoms with Gasteiger partial charge in [-0.3, -0.25) is 4.79 Å². The molecular weight excluding hydrogens is 202 g/mol. The number of likely N-dealkylation sites (N-methyl/N-ethyl adjacent to an activating group) is 1. The van der Waals surface area contributed by atoms with E-state index < -0.39 is 0 Å². The van der Waals surface area contributed by atoms with Gasteiger partial charge >= 0.3 is 0 Å². The van der Waals surface area contributed by atoms with Crippen LogP contribution < -0.4 is 0 Å². The number of hydrogen-bond acceptors (Lipinski definition) is 3.